The van der Waals surface area contributed by atoms with Crippen molar-refractivity contribution in [1.29, 1.82) is 0 Å². The summed E-state index contributed by atoms with van der Waals surface area (Å²) in [6.07, 6.45) is 7.88. The summed E-state index contributed by atoms with van der Waals surface area (Å²) in [6.45, 7) is 0.205. The van der Waals surface area contributed by atoms with Crippen molar-refractivity contribution >= 4 is 17.9 Å². The summed E-state index contributed by atoms with van der Waals surface area (Å²) in [5.41, 5.74) is -5.08. The molecule has 2 N–H and O–H groups in total. The van der Waals surface area contributed by atoms with Gasteiger partial charge in [0.25, 0.3) is 5.92 Å². The van der Waals surface area contributed by atoms with Gasteiger partial charge in [-0.1, -0.05) is 6.92 Å². The van der Waals surface area contributed by atoms with Crippen molar-refractivity contribution in [2.24, 2.45) is 39.9 Å². The van der Waals surface area contributed by atoms with Crippen molar-refractivity contribution in [2.45, 2.75) is 114 Å². The second-order valence-corrected chi connectivity index (χ2v) is 15.4. The molecule has 0 radical (unpaired) electrons. The van der Waals surface area contributed by atoms with Crippen LogP contribution >= 0.6 is 0 Å². The Kier molecular flexibility index (Phi) is 6.85. The van der Waals surface area contributed by atoms with Crippen LogP contribution in [0.1, 0.15) is 97.3 Å². The Morgan fingerprint density at radius 1 is 0.707 bits per heavy atom. The minimum atomic E-state index is -3.26. The number of alkyl halides is 2. The van der Waals surface area contributed by atoms with Gasteiger partial charge in [0, 0.05) is 6.92 Å². The van der Waals surface area contributed by atoms with Crippen molar-refractivity contribution in [2.75, 3.05) is 19.8 Å². The molecule has 8 fully saturated rings. The largest absolute Gasteiger partial charge is 0.464 e. The van der Waals surface area contributed by atoms with Crippen LogP contribution < -0.4 is 0 Å². The van der Waals surface area contributed by atoms with E-state index in [-0.39, 0.29) is 30.1 Å². The number of carbonyl (C=O) groups excluding carboxylic acids is 3. The maximum absolute atomic E-state index is 13.6. The molecule has 8 aliphatic rings. The lowest BCUT2D eigenvalue weighted by atomic mass is 9.48. The molecule has 8 saturated carbocycles. The third-order valence-corrected chi connectivity index (χ3v) is 11.5. The number of hydrogen-bond acceptors (Lipinski definition) is 8. The highest BCUT2D eigenvalue weighted by Gasteiger charge is 2.63. The molecule has 41 heavy (non-hydrogen) atoms. The van der Waals surface area contributed by atoms with Gasteiger partial charge in [-0.15, -0.1) is 0 Å². The maximum atomic E-state index is 13.6. The molecular formula is C31H44F2O8. The van der Waals surface area contributed by atoms with Gasteiger partial charge in [0.15, 0.2) is 6.61 Å². The first-order valence-electron chi connectivity index (χ1n) is 15.4. The minimum absolute atomic E-state index is 0.0338. The number of rotatable bonds is 10. The first-order chi connectivity index (χ1) is 19.1. The summed E-state index contributed by atoms with van der Waals surface area (Å²) in [5, 5.41) is 22.2. The zero-order valence-electron chi connectivity index (χ0n) is 24.2. The van der Waals surface area contributed by atoms with E-state index in [1.807, 2.05) is 0 Å². The first kappa shape index (κ1) is 29.3. The number of esters is 3. The molecule has 0 spiro atoms. The van der Waals surface area contributed by atoms with E-state index in [0.29, 0.717) is 71.1 Å². The molecule has 8 nitrogen and oxygen atoms in total. The van der Waals surface area contributed by atoms with Crippen LogP contribution in [0.5, 0.6) is 0 Å². The van der Waals surface area contributed by atoms with Gasteiger partial charge in [0.2, 0.25) is 0 Å². The van der Waals surface area contributed by atoms with Crippen LogP contribution in [-0.2, 0) is 28.6 Å². The Balaban J connectivity index is 1.18. The van der Waals surface area contributed by atoms with E-state index in [0.717, 1.165) is 12.8 Å². The fourth-order valence-electron chi connectivity index (χ4n) is 10.5. The van der Waals surface area contributed by atoms with Crippen LogP contribution in [0, 0.1) is 39.9 Å². The van der Waals surface area contributed by atoms with E-state index in [9.17, 15) is 33.4 Å². The Labute approximate surface area is 239 Å². The van der Waals surface area contributed by atoms with E-state index >= 15 is 0 Å². The highest BCUT2D eigenvalue weighted by molar-refractivity contribution is 5.82. The molecule has 0 aromatic rings. The molecule has 0 heterocycles. The van der Waals surface area contributed by atoms with E-state index in [1.165, 1.54) is 0 Å². The highest BCUT2D eigenvalue weighted by Crippen LogP contribution is 2.63. The molecule has 0 saturated heterocycles. The summed E-state index contributed by atoms with van der Waals surface area (Å²) in [7, 11) is 0. The average molecular weight is 583 g/mol. The van der Waals surface area contributed by atoms with Crippen molar-refractivity contribution in [3.63, 3.8) is 0 Å². The summed E-state index contributed by atoms with van der Waals surface area (Å²) in [5.74, 6) is -4.26. The monoisotopic (exact) mass is 582 g/mol. The zero-order chi connectivity index (χ0) is 29.5. The van der Waals surface area contributed by atoms with Gasteiger partial charge >= 0.3 is 17.9 Å². The Bertz CT molecular complexity index is 1000. The number of halogens is 2. The molecule has 8 rings (SSSR count). The van der Waals surface area contributed by atoms with Crippen molar-refractivity contribution < 1.29 is 47.6 Å². The number of hydrogen-bond donors (Lipinski definition) is 2. The summed E-state index contributed by atoms with van der Waals surface area (Å²) >= 11 is 0. The van der Waals surface area contributed by atoms with Gasteiger partial charge in [0.05, 0.1) is 22.0 Å². The summed E-state index contributed by atoms with van der Waals surface area (Å²) in [6, 6.07) is 0. The summed E-state index contributed by atoms with van der Waals surface area (Å²) < 4.78 is 43.9. The Morgan fingerprint density at radius 2 is 1.10 bits per heavy atom. The predicted octanol–water partition coefficient (Wildman–Crippen LogP) is 4.33. The second kappa shape index (κ2) is 9.60. The lowest BCUT2D eigenvalue weighted by Crippen LogP contribution is -2.59. The molecule has 8 bridgehead atoms. The second-order valence-electron chi connectivity index (χ2n) is 15.4. The maximum Gasteiger partial charge on any atom is 0.319 e. The molecular weight excluding hydrogens is 538 g/mol. The fourth-order valence-corrected chi connectivity index (χ4v) is 10.5. The molecule has 0 aliphatic heterocycles. The van der Waals surface area contributed by atoms with Crippen LogP contribution in [0.4, 0.5) is 8.78 Å². The van der Waals surface area contributed by atoms with Crippen molar-refractivity contribution in [3.8, 4) is 0 Å². The van der Waals surface area contributed by atoms with Gasteiger partial charge in [-0.2, -0.15) is 0 Å². The topological polar surface area (TPSA) is 119 Å². The Morgan fingerprint density at radius 3 is 1.41 bits per heavy atom. The van der Waals surface area contributed by atoms with Crippen LogP contribution in [-0.4, -0.2) is 65.1 Å². The molecule has 0 aromatic heterocycles. The van der Waals surface area contributed by atoms with Gasteiger partial charge < -0.3 is 24.4 Å². The lowest BCUT2D eigenvalue weighted by molar-refractivity contribution is -0.207. The molecule has 230 valence electrons. The fraction of sp³-hybridized carbons (Fsp3) is 0.903. The van der Waals surface area contributed by atoms with Crippen LogP contribution in [0.3, 0.4) is 0 Å². The number of aliphatic hydroxyl groups is 2. The van der Waals surface area contributed by atoms with Crippen LogP contribution in [0.25, 0.3) is 0 Å². The smallest absolute Gasteiger partial charge is 0.319 e. The quantitative estimate of drug-likeness (QED) is 0.289. The third kappa shape index (κ3) is 5.30. The third-order valence-electron chi connectivity index (χ3n) is 11.5. The van der Waals surface area contributed by atoms with E-state index in [1.54, 1.807) is 6.92 Å². The number of carbonyl (C=O) groups is 3. The molecule has 4 unspecified atom stereocenters. The SMILES string of the molecule is CCC(COC(=O)C12CC3CC(CC(O)(C3)C1)C2)(COC(=O)C12CC3CC(CC(O)(C3)C1)C2)C(=O)OCC(C)(F)F. The normalized spacial score (nSPS) is 43.5. The Hall–Kier alpha value is -1.81. The van der Waals surface area contributed by atoms with Gasteiger partial charge in [-0.25, -0.2) is 8.78 Å². The van der Waals surface area contributed by atoms with Crippen molar-refractivity contribution in [1.82, 2.24) is 0 Å². The standard InChI is InChI=1S/C31H44F2O8/c1-3-27(23(34)39-16-26(2,32)33,17-40-24(35)28-6-19-4-20(7-28)11-30(37,10-19)14-28)18-41-25(36)29-8-21-5-22(9-29)13-31(38,12-21)15-29/h19-22,37-38H,3-18H2,1-2H3. The highest BCUT2D eigenvalue weighted by atomic mass is 19.3. The van der Waals surface area contributed by atoms with E-state index < -0.39 is 71.1 Å². The van der Waals surface area contributed by atoms with Gasteiger partial charge in [0.1, 0.15) is 18.6 Å². The lowest BCUT2D eigenvalue weighted by Gasteiger charge is -2.58. The molecule has 0 amide bonds. The van der Waals surface area contributed by atoms with Gasteiger partial charge in [-0.05, 0) is 107 Å². The van der Waals surface area contributed by atoms with E-state index in [4.69, 9.17) is 14.2 Å². The van der Waals surface area contributed by atoms with Crippen LogP contribution in [0.15, 0.2) is 0 Å². The summed E-state index contributed by atoms with van der Waals surface area (Å²) in [4.78, 5) is 40.6. The van der Waals surface area contributed by atoms with Gasteiger partial charge in [-0.3, -0.25) is 14.4 Å². The van der Waals surface area contributed by atoms with Crippen LogP contribution in [0.2, 0.25) is 0 Å². The minimum Gasteiger partial charge on any atom is -0.464 e. The van der Waals surface area contributed by atoms with E-state index in [2.05, 4.69) is 0 Å². The first-order valence-corrected chi connectivity index (χ1v) is 15.4. The average Bonchev–Trinajstić information content (AvgIpc) is 2.84. The molecule has 10 heteroatoms. The number of ether oxygens (including phenoxy) is 3. The molecule has 0 aromatic carbocycles. The van der Waals surface area contributed by atoms with Crippen molar-refractivity contribution in [3.05, 3.63) is 0 Å². The predicted molar refractivity (Wildman–Crippen MR) is 140 cm³/mol. The molecule has 8 aliphatic carbocycles. The molecule has 4 atom stereocenters. The zero-order valence-corrected chi connectivity index (χ0v) is 24.2.